The van der Waals surface area contributed by atoms with Crippen LogP contribution < -0.4 is 9.62 Å². The molecule has 0 aliphatic carbocycles. The fraction of sp³-hybridized carbons (Fsp3) is 0.294. The van der Waals surface area contributed by atoms with E-state index in [2.05, 4.69) is 21.8 Å². The van der Waals surface area contributed by atoms with Crippen LogP contribution in [0, 0.1) is 0 Å². The van der Waals surface area contributed by atoms with Gasteiger partial charge in [0.2, 0.25) is 10.0 Å². The maximum Gasteiger partial charge on any atom is 0.243 e. The second-order valence-electron chi connectivity index (χ2n) is 5.67. The van der Waals surface area contributed by atoms with Crippen LogP contribution in [0.5, 0.6) is 0 Å². The van der Waals surface area contributed by atoms with Crippen LogP contribution in [0.15, 0.2) is 47.4 Å². The van der Waals surface area contributed by atoms with E-state index < -0.39 is 10.0 Å². The number of halogens is 2. The maximum atomic E-state index is 12.4. The molecule has 0 saturated carbocycles. The number of hydrogen-bond acceptors (Lipinski definition) is 3. The SMILES string of the molecule is O=S(=O)(NCCCN1CCc2ccccc21)c1c(Cl)cccc1Cl. The second kappa shape index (κ2) is 7.31. The number of hydrogen-bond donors (Lipinski definition) is 1. The molecule has 0 fully saturated rings. The van der Waals surface area contributed by atoms with Crippen molar-refractivity contribution in [1.82, 2.24) is 4.72 Å². The summed E-state index contributed by atoms with van der Waals surface area (Å²) >= 11 is 11.9. The van der Waals surface area contributed by atoms with Crippen molar-refractivity contribution in [2.75, 3.05) is 24.5 Å². The standard InChI is InChI=1S/C17H18Cl2N2O2S/c18-14-6-3-7-15(19)17(14)24(22,23)20-10-4-11-21-12-9-13-5-1-2-8-16(13)21/h1-3,5-8,20H,4,9-12H2. The molecule has 0 unspecified atom stereocenters. The zero-order valence-electron chi connectivity index (χ0n) is 13.0. The van der Waals surface area contributed by atoms with E-state index in [-0.39, 0.29) is 14.9 Å². The molecule has 1 aliphatic rings. The number of sulfonamides is 1. The van der Waals surface area contributed by atoms with Gasteiger partial charge in [0.05, 0.1) is 10.0 Å². The number of nitrogens with one attached hydrogen (secondary N) is 1. The van der Waals surface area contributed by atoms with Gasteiger partial charge in [-0.15, -0.1) is 0 Å². The lowest BCUT2D eigenvalue weighted by molar-refractivity contribution is 0.578. The minimum absolute atomic E-state index is 0.0557. The number of fused-ring (bicyclic) bond motifs is 1. The van der Waals surface area contributed by atoms with E-state index in [1.54, 1.807) is 6.07 Å². The largest absolute Gasteiger partial charge is 0.371 e. The van der Waals surface area contributed by atoms with Crippen molar-refractivity contribution in [2.45, 2.75) is 17.7 Å². The van der Waals surface area contributed by atoms with Gasteiger partial charge in [-0.25, -0.2) is 13.1 Å². The van der Waals surface area contributed by atoms with Crippen molar-refractivity contribution in [1.29, 1.82) is 0 Å². The highest BCUT2D eigenvalue weighted by molar-refractivity contribution is 7.89. The Hall–Kier alpha value is -1.27. The maximum absolute atomic E-state index is 12.4. The minimum atomic E-state index is -3.71. The molecule has 2 aromatic carbocycles. The van der Waals surface area contributed by atoms with Gasteiger partial charge in [0, 0.05) is 25.3 Å². The van der Waals surface area contributed by atoms with Crippen LogP contribution in [0.1, 0.15) is 12.0 Å². The number of nitrogens with zero attached hydrogens (tertiary/aromatic N) is 1. The lowest BCUT2D eigenvalue weighted by atomic mass is 10.2. The molecule has 3 rings (SSSR count). The third-order valence-electron chi connectivity index (χ3n) is 4.07. The first kappa shape index (κ1) is 17.5. The van der Waals surface area contributed by atoms with Gasteiger partial charge in [-0.2, -0.15) is 0 Å². The fourth-order valence-electron chi connectivity index (χ4n) is 2.93. The van der Waals surface area contributed by atoms with Gasteiger partial charge in [-0.3, -0.25) is 0 Å². The zero-order chi connectivity index (χ0) is 17.2. The van der Waals surface area contributed by atoms with Crippen molar-refractivity contribution >= 4 is 38.9 Å². The molecule has 0 radical (unpaired) electrons. The zero-order valence-corrected chi connectivity index (χ0v) is 15.3. The van der Waals surface area contributed by atoms with E-state index in [1.807, 2.05) is 12.1 Å². The van der Waals surface area contributed by atoms with Crippen LogP contribution in [0.4, 0.5) is 5.69 Å². The van der Waals surface area contributed by atoms with E-state index in [0.29, 0.717) is 13.0 Å². The van der Waals surface area contributed by atoms with Crippen LogP contribution in [0.25, 0.3) is 0 Å². The number of anilines is 1. The summed E-state index contributed by atoms with van der Waals surface area (Å²) in [6.45, 7) is 2.11. The van der Waals surface area contributed by atoms with Crippen molar-refractivity contribution in [3.05, 3.63) is 58.1 Å². The van der Waals surface area contributed by atoms with Crippen LogP contribution in [0.2, 0.25) is 10.0 Å². The van der Waals surface area contributed by atoms with E-state index in [4.69, 9.17) is 23.2 Å². The van der Waals surface area contributed by atoms with Gasteiger partial charge < -0.3 is 4.90 Å². The normalized spacial score (nSPS) is 14.0. The summed E-state index contributed by atoms with van der Waals surface area (Å²) in [5.41, 5.74) is 2.59. The summed E-state index contributed by atoms with van der Waals surface area (Å²) in [6.07, 6.45) is 1.74. The predicted octanol–water partition coefficient (Wildman–Crippen LogP) is 3.72. The van der Waals surface area contributed by atoms with E-state index in [0.717, 1.165) is 19.5 Å². The molecule has 4 nitrogen and oxygen atoms in total. The Bertz CT molecular complexity index is 820. The fourth-order valence-corrected chi connectivity index (χ4v) is 5.14. The van der Waals surface area contributed by atoms with Gasteiger partial charge in [0.15, 0.2) is 0 Å². The molecule has 1 aliphatic heterocycles. The van der Waals surface area contributed by atoms with Crippen LogP contribution in [0.3, 0.4) is 0 Å². The molecule has 1 N–H and O–H groups in total. The molecule has 128 valence electrons. The third kappa shape index (κ3) is 3.70. The van der Waals surface area contributed by atoms with Crippen LogP contribution in [-0.2, 0) is 16.4 Å². The summed E-state index contributed by atoms with van der Waals surface area (Å²) in [4.78, 5) is 2.23. The first-order valence-electron chi connectivity index (χ1n) is 7.75. The Balaban J connectivity index is 1.57. The molecule has 1 heterocycles. The Morgan fingerprint density at radius 2 is 1.75 bits per heavy atom. The highest BCUT2D eigenvalue weighted by Crippen LogP contribution is 2.29. The molecule has 2 aromatic rings. The summed E-state index contributed by atoms with van der Waals surface area (Å²) < 4.78 is 27.3. The Morgan fingerprint density at radius 3 is 2.50 bits per heavy atom. The number of rotatable bonds is 6. The molecule has 0 amide bonds. The van der Waals surface area contributed by atoms with Crippen LogP contribution >= 0.6 is 23.2 Å². The van der Waals surface area contributed by atoms with Crippen molar-refractivity contribution < 1.29 is 8.42 Å². The molecular weight excluding hydrogens is 367 g/mol. The Morgan fingerprint density at radius 1 is 1.04 bits per heavy atom. The summed E-state index contributed by atoms with van der Waals surface area (Å²) in [5, 5.41) is 0.256. The molecule has 7 heteroatoms. The highest BCUT2D eigenvalue weighted by atomic mass is 35.5. The highest BCUT2D eigenvalue weighted by Gasteiger charge is 2.22. The van der Waals surface area contributed by atoms with E-state index >= 15 is 0 Å². The quantitative estimate of drug-likeness (QED) is 0.771. The van der Waals surface area contributed by atoms with Gasteiger partial charge in [-0.1, -0.05) is 47.5 Å². The number of benzene rings is 2. The smallest absolute Gasteiger partial charge is 0.243 e. The molecule has 0 atom stereocenters. The van der Waals surface area contributed by atoms with E-state index in [9.17, 15) is 8.42 Å². The molecule has 0 bridgehead atoms. The summed E-state index contributed by atoms with van der Waals surface area (Å²) in [6, 6.07) is 13.0. The van der Waals surface area contributed by atoms with Gasteiger partial charge in [0.25, 0.3) is 0 Å². The first-order valence-corrected chi connectivity index (χ1v) is 9.99. The topological polar surface area (TPSA) is 49.4 Å². The third-order valence-corrected chi connectivity index (χ3v) is 6.48. The average Bonchev–Trinajstić information content (AvgIpc) is 2.94. The molecule has 0 aromatic heterocycles. The lowest BCUT2D eigenvalue weighted by Crippen LogP contribution is -2.29. The molecular formula is C17H18Cl2N2O2S. The van der Waals surface area contributed by atoms with Gasteiger partial charge >= 0.3 is 0 Å². The van der Waals surface area contributed by atoms with Crippen molar-refractivity contribution in [3.63, 3.8) is 0 Å². The van der Waals surface area contributed by atoms with Gasteiger partial charge in [-0.05, 0) is 36.6 Å². The second-order valence-corrected chi connectivity index (χ2v) is 8.19. The van der Waals surface area contributed by atoms with Crippen molar-refractivity contribution in [3.8, 4) is 0 Å². The van der Waals surface area contributed by atoms with Crippen molar-refractivity contribution in [2.24, 2.45) is 0 Å². The van der Waals surface area contributed by atoms with Gasteiger partial charge in [0.1, 0.15) is 4.90 Å². The number of para-hydroxylation sites is 1. The monoisotopic (exact) mass is 384 g/mol. The minimum Gasteiger partial charge on any atom is -0.371 e. The van der Waals surface area contributed by atoms with Crippen LogP contribution in [-0.4, -0.2) is 28.1 Å². The summed E-state index contributed by atoms with van der Waals surface area (Å²) in [7, 11) is -3.71. The van der Waals surface area contributed by atoms with E-state index in [1.165, 1.54) is 23.4 Å². The first-order chi connectivity index (χ1) is 11.5. The Kier molecular flexibility index (Phi) is 5.35. The molecule has 0 saturated heterocycles. The Labute approximate surface area is 152 Å². The summed E-state index contributed by atoms with van der Waals surface area (Å²) in [5.74, 6) is 0. The lowest BCUT2D eigenvalue weighted by Gasteiger charge is -2.19. The average molecular weight is 385 g/mol. The molecule has 0 spiro atoms. The molecule has 24 heavy (non-hydrogen) atoms. The predicted molar refractivity (Wildman–Crippen MR) is 98.6 cm³/mol.